The molecule has 5 heteroatoms. The summed E-state index contributed by atoms with van der Waals surface area (Å²) in [6, 6.07) is 17.4. The summed E-state index contributed by atoms with van der Waals surface area (Å²) in [5.41, 5.74) is 3.49. The summed E-state index contributed by atoms with van der Waals surface area (Å²) in [5, 5.41) is 15.0. The fourth-order valence-electron chi connectivity index (χ4n) is 3.26. The molecule has 0 aromatic heterocycles. The van der Waals surface area contributed by atoms with Crippen LogP contribution in [0.1, 0.15) is 31.7 Å². The van der Waals surface area contributed by atoms with Crippen LogP contribution in [0.5, 0.6) is 0 Å². The van der Waals surface area contributed by atoms with Gasteiger partial charge in [-0.25, -0.2) is 0 Å². The highest BCUT2D eigenvalue weighted by Crippen LogP contribution is 2.24. The standard InChI is InChI=1S/C22H26N4O/c1-17-10-13-26(14-11-17)21-7-5-19(6-8-21)25-22(27)9-12-24-20-4-2-3-18(15-20)16-23/h2-8,15,17,24H,9-14H2,1H3,(H,25,27). The van der Waals surface area contributed by atoms with Gasteiger partial charge in [-0.3, -0.25) is 4.79 Å². The third kappa shape index (κ3) is 5.49. The highest BCUT2D eigenvalue weighted by molar-refractivity contribution is 5.91. The van der Waals surface area contributed by atoms with Gasteiger partial charge >= 0.3 is 0 Å². The predicted octanol–water partition coefficient (Wildman–Crippen LogP) is 4.24. The van der Waals surface area contributed by atoms with E-state index in [1.54, 1.807) is 12.1 Å². The molecule has 2 N–H and O–H groups in total. The SMILES string of the molecule is CC1CCN(c2ccc(NC(=O)CCNc3cccc(C#N)c3)cc2)CC1. The number of hydrogen-bond acceptors (Lipinski definition) is 4. The summed E-state index contributed by atoms with van der Waals surface area (Å²) in [6.45, 7) is 5.03. The summed E-state index contributed by atoms with van der Waals surface area (Å²) in [4.78, 5) is 14.5. The van der Waals surface area contributed by atoms with Gasteiger partial charge in [0.05, 0.1) is 11.6 Å². The summed E-state index contributed by atoms with van der Waals surface area (Å²) < 4.78 is 0. The van der Waals surface area contributed by atoms with E-state index < -0.39 is 0 Å². The minimum Gasteiger partial charge on any atom is -0.384 e. The molecule has 1 saturated heterocycles. The van der Waals surface area contributed by atoms with Crippen molar-refractivity contribution < 1.29 is 4.79 Å². The molecular formula is C22H26N4O. The van der Waals surface area contributed by atoms with Gasteiger partial charge in [-0.15, -0.1) is 0 Å². The smallest absolute Gasteiger partial charge is 0.226 e. The molecule has 2 aromatic rings. The Balaban J connectivity index is 1.44. The number of nitrogens with zero attached hydrogens (tertiary/aromatic N) is 2. The van der Waals surface area contributed by atoms with Crippen LogP contribution in [0, 0.1) is 17.2 Å². The monoisotopic (exact) mass is 362 g/mol. The highest BCUT2D eigenvalue weighted by Gasteiger charge is 2.15. The zero-order valence-electron chi connectivity index (χ0n) is 15.7. The van der Waals surface area contributed by atoms with Crippen molar-refractivity contribution in [3.05, 3.63) is 54.1 Å². The van der Waals surface area contributed by atoms with E-state index in [9.17, 15) is 4.79 Å². The van der Waals surface area contributed by atoms with Crippen LogP contribution in [0.15, 0.2) is 48.5 Å². The Morgan fingerprint density at radius 2 is 1.89 bits per heavy atom. The number of benzene rings is 2. The molecule has 0 atom stereocenters. The van der Waals surface area contributed by atoms with Gasteiger partial charge in [0.15, 0.2) is 0 Å². The number of nitrogens with one attached hydrogen (secondary N) is 2. The van der Waals surface area contributed by atoms with Gasteiger partial charge in [0, 0.05) is 43.1 Å². The number of carbonyl (C=O) groups excluding carboxylic acids is 1. The molecule has 1 amide bonds. The molecule has 5 nitrogen and oxygen atoms in total. The fourth-order valence-corrected chi connectivity index (χ4v) is 3.26. The first-order valence-electron chi connectivity index (χ1n) is 9.53. The predicted molar refractivity (Wildman–Crippen MR) is 110 cm³/mol. The second-order valence-electron chi connectivity index (χ2n) is 7.13. The first-order chi connectivity index (χ1) is 13.1. The van der Waals surface area contributed by atoms with Crippen molar-refractivity contribution in [3.63, 3.8) is 0 Å². The maximum absolute atomic E-state index is 12.1. The van der Waals surface area contributed by atoms with E-state index in [0.29, 0.717) is 18.5 Å². The molecule has 1 aliphatic heterocycles. The lowest BCUT2D eigenvalue weighted by atomic mass is 9.99. The maximum atomic E-state index is 12.1. The van der Waals surface area contributed by atoms with Gasteiger partial charge in [0.2, 0.25) is 5.91 Å². The number of carbonyl (C=O) groups is 1. The Bertz CT molecular complexity index is 802. The van der Waals surface area contributed by atoms with Crippen molar-refractivity contribution in [2.75, 3.05) is 35.2 Å². The topological polar surface area (TPSA) is 68.2 Å². The van der Waals surface area contributed by atoms with Crippen LogP contribution in [-0.4, -0.2) is 25.5 Å². The lowest BCUT2D eigenvalue weighted by Gasteiger charge is -2.32. The quantitative estimate of drug-likeness (QED) is 0.807. The molecule has 0 aliphatic carbocycles. The van der Waals surface area contributed by atoms with E-state index in [2.05, 4.69) is 40.7 Å². The molecule has 0 saturated carbocycles. The van der Waals surface area contributed by atoms with E-state index in [-0.39, 0.29) is 5.91 Å². The third-order valence-electron chi connectivity index (χ3n) is 4.97. The van der Waals surface area contributed by atoms with Gasteiger partial charge in [-0.1, -0.05) is 13.0 Å². The first-order valence-corrected chi connectivity index (χ1v) is 9.53. The second-order valence-corrected chi connectivity index (χ2v) is 7.13. The van der Waals surface area contributed by atoms with Crippen LogP contribution in [0.2, 0.25) is 0 Å². The number of hydrogen-bond donors (Lipinski definition) is 2. The average Bonchev–Trinajstić information content (AvgIpc) is 2.69. The Kier molecular flexibility index (Phi) is 6.32. The van der Waals surface area contributed by atoms with Crippen molar-refractivity contribution >= 4 is 23.0 Å². The Hall–Kier alpha value is -3.00. The van der Waals surface area contributed by atoms with Gasteiger partial charge < -0.3 is 15.5 Å². The molecule has 0 spiro atoms. The second kappa shape index (κ2) is 9.09. The molecule has 2 aromatic carbocycles. The average molecular weight is 362 g/mol. The lowest BCUT2D eigenvalue weighted by molar-refractivity contribution is -0.115. The fraction of sp³-hybridized carbons (Fsp3) is 0.364. The highest BCUT2D eigenvalue weighted by atomic mass is 16.1. The van der Waals surface area contributed by atoms with Crippen LogP contribution < -0.4 is 15.5 Å². The summed E-state index contributed by atoms with van der Waals surface area (Å²) in [7, 11) is 0. The molecule has 1 heterocycles. The van der Waals surface area contributed by atoms with E-state index in [4.69, 9.17) is 5.26 Å². The molecule has 0 unspecified atom stereocenters. The Labute approximate surface area is 161 Å². The number of rotatable bonds is 6. The number of nitriles is 1. The van der Waals surface area contributed by atoms with Crippen LogP contribution in [-0.2, 0) is 4.79 Å². The molecule has 1 aliphatic rings. The zero-order chi connectivity index (χ0) is 19.1. The zero-order valence-corrected chi connectivity index (χ0v) is 15.7. The Morgan fingerprint density at radius 1 is 1.15 bits per heavy atom. The number of anilines is 3. The van der Waals surface area contributed by atoms with Gasteiger partial charge in [-0.05, 0) is 61.2 Å². The minimum absolute atomic E-state index is 0.0292. The normalized spacial score (nSPS) is 14.4. The van der Waals surface area contributed by atoms with Crippen molar-refractivity contribution in [3.8, 4) is 6.07 Å². The molecule has 1 fully saturated rings. The van der Waals surface area contributed by atoms with Crippen molar-refractivity contribution in [2.45, 2.75) is 26.2 Å². The van der Waals surface area contributed by atoms with Gasteiger partial charge in [0.25, 0.3) is 0 Å². The van der Waals surface area contributed by atoms with E-state index >= 15 is 0 Å². The first kappa shape index (κ1) is 18.8. The maximum Gasteiger partial charge on any atom is 0.226 e. The van der Waals surface area contributed by atoms with Crippen LogP contribution >= 0.6 is 0 Å². The minimum atomic E-state index is -0.0292. The van der Waals surface area contributed by atoms with Crippen molar-refractivity contribution in [2.24, 2.45) is 5.92 Å². The molecule has 0 radical (unpaired) electrons. The van der Waals surface area contributed by atoms with Crippen molar-refractivity contribution in [1.82, 2.24) is 0 Å². The molecule has 140 valence electrons. The molecule has 3 rings (SSSR count). The lowest BCUT2D eigenvalue weighted by Crippen LogP contribution is -2.32. The number of piperidine rings is 1. The van der Waals surface area contributed by atoms with E-state index in [1.165, 1.54) is 18.5 Å². The Morgan fingerprint density at radius 3 is 2.59 bits per heavy atom. The summed E-state index contributed by atoms with van der Waals surface area (Å²) >= 11 is 0. The van der Waals surface area contributed by atoms with Crippen LogP contribution in [0.3, 0.4) is 0 Å². The summed E-state index contributed by atoms with van der Waals surface area (Å²) in [6.07, 6.45) is 2.84. The van der Waals surface area contributed by atoms with Crippen LogP contribution in [0.4, 0.5) is 17.1 Å². The summed E-state index contributed by atoms with van der Waals surface area (Å²) in [5.74, 6) is 0.786. The molecular weight excluding hydrogens is 336 g/mol. The molecule has 27 heavy (non-hydrogen) atoms. The molecule has 0 bridgehead atoms. The van der Waals surface area contributed by atoms with Crippen LogP contribution in [0.25, 0.3) is 0 Å². The number of amides is 1. The van der Waals surface area contributed by atoms with Gasteiger partial charge in [-0.2, -0.15) is 5.26 Å². The van der Waals surface area contributed by atoms with E-state index in [1.807, 2.05) is 24.3 Å². The van der Waals surface area contributed by atoms with E-state index in [0.717, 1.165) is 30.4 Å². The largest absolute Gasteiger partial charge is 0.384 e. The third-order valence-corrected chi connectivity index (χ3v) is 4.97. The van der Waals surface area contributed by atoms with Crippen molar-refractivity contribution in [1.29, 1.82) is 5.26 Å². The van der Waals surface area contributed by atoms with Gasteiger partial charge in [0.1, 0.15) is 0 Å².